The van der Waals surface area contributed by atoms with Crippen molar-refractivity contribution in [3.05, 3.63) is 52.4 Å². The Bertz CT molecular complexity index is 940. The van der Waals surface area contributed by atoms with E-state index < -0.39 is 0 Å². The molecule has 0 saturated carbocycles. The maximum Gasteiger partial charge on any atom is 0.344 e. The first-order chi connectivity index (χ1) is 10.7. The Hall–Kier alpha value is -2.82. The molecular weight excluding hydrogens is 282 g/mol. The van der Waals surface area contributed by atoms with Gasteiger partial charge in [-0.3, -0.25) is 0 Å². The van der Waals surface area contributed by atoms with Gasteiger partial charge in [-0.25, -0.2) is 4.79 Å². The summed E-state index contributed by atoms with van der Waals surface area (Å²) in [7, 11) is 3.06. The predicted molar refractivity (Wildman–Crippen MR) is 85.8 cm³/mol. The molecular formula is C17H15NO4. The zero-order valence-electron chi connectivity index (χ0n) is 12.5. The monoisotopic (exact) mass is 297 g/mol. The number of oxime groups is 1. The first-order valence-electron chi connectivity index (χ1n) is 6.77. The van der Waals surface area contributed by atoms with E-state index in [2.05, 4.69) is 5.16 Å². The number of ether oxygens (including phenoxy) is 1. The zero-order chi connectivity index (χ0) is 15.7. The third-order valence-corrected chi connectivity index (χ3v) is 3.55. The molecule has 0 radical (unpaired) electrons. The minimum atomic E-state index is -0.375. The highest BCUT2D eigenvalue weighted by Crippen LogP contribution is 2.30. The fourth-order valence-electron chi connectivity index (χ4n) is 2.53. The van der Waals surface area contributed by atoms with Crippen molar-refractivity contribution in [1.29, 1.82) is 0 Å². The molecule has 112 valence electrons. The number of fused-ring (bicyclic) bond motifs is 3. The second kappa shape index (κ2) is 5.52. The molecule has 0 unspecified atom stereocenters. The lowest BCUT2D eigenvalue weighted by atomic mass is 10.0. The van der Waals surface area contributed by atoms with Gasteiger partial charge >= 0.3 is 5.63 Å². The van der Waals surface area contributed by atoms with E-state index in [1.165, 1.54) is 7.11 Å². The standard InChI is InChI=1S/C17H15NO4/c1-10(18-21-3)14-8-11(20-2)9-15-12-6-4-5-7-13(12)17(19)22-16(14)15/h4-9H,1-3H3/b18-10+. The molecule has 0 aliphatic heterocycles. The molecule has 1 aromatic heterocycles. The summed E-state index contributed by atoms with van der Waals surface area (Å²) in [5.41, 5.74) is 1.37. The van der Waals surface area contributed by atoms with Gasteiger partial charge in [0.2, 0.25) is 0 Å². The van der Waals surface area contributed by atoms with Crippen LogP contribution in [0.15, 0.2) is 50.8 Å². The van der Waals surface area contributed by atoms with Crippen molar-refractivity contribution in [1.82, 2.24) is 0 Å². The largest absolute Gasteiger partial charge is 0.497 e. The number of benzene rings is 2. The van der Waals surface area contributed by atoms with Crippen LogP contribution in [0.3, 0.4) is 0 Å². The molecule has 0 atom stereocenters. The average molecular weight is 297 g/mol. The minimum Gasteiger partial charge on any atom is -0.497 e. The Kier molecular flexibility index (Phi) is 3.55. The Morgan fingerprint density at radius 1 is 1.09 bits per heavy atom. The molecule has 0 spiro atoms. The third-order valence-electron chi connectivity index (χ3n) is 3.55. The molecule has 0 bridgehead atoms. The molecule has 3 rings (SSSR count). The molecule has 0 saturated heterocycles. The zero-order valence-corrected chi connectivity index (χ0v) is 12.5. The molecule has 2 aromatic carbocycles. The number of hydrogen-bond acceptors (Lipinski definition) is 5. The molecule has 0 fully saturated rings. The van der Waals surface area contributed by atoms with Crippen LogP contribution in [0.25, 0.3) is 21.7 Å². The van der Waals surface area contributed by atoms with Crippen molar-refractivity contribution in [2.24, 2.45) is 5.16 Å². The summed E-state index contributed by atoms with van der Waals surface area (Å²) >= 11 is 0. The van der Waals surface area contributed by atoms with E-state index in [4.69, 9.17) is 14.0 Å². The van der Waals surface area contributed by atoms with Crippen LogP contribution in [0, 0.1) is 0 Å². The van der Waals surface area contributed by atoms with E-state index in [-0.39, 0.29) is 5.63 Å². The van der Waals surface area contributed by atoms with Crippen LogP contribution in [0.1, 0.15) is 12.5 Å². The van der Waals surface area contributed by atoms with Crippen LogP contribution in [0.5, 0.6) is 5.75 Å². The molecule has 5 nitrogen and oxygen atoms in total. The number of rotatable bonds is 3. The SMILES string of the molecule is CO/N=C(\C)c1cc(OC)cc2c1oc(=O)c1ccccc12. The van der Waals surface area contributed by atoms with Crippen molar-refractivity contribution >= 4 is 27.5 Å². The highest BCUT2D eigenvalue weighted by Gasteiger charge is 2.15. The predicted octanol–water partition coefficient (Wildman–Crippen LogP) is 3.33. The maximum atomic E-state index is 12.2. The lowest BCUT2D eigenvalue weighted by Gasteiger charge is -2.10. The van der Waals surface area contributed by atoms with E-state index in [1.807, 2.05) is 24.3 Å². The summed E-state index contributed by atoms with van der Waals surface area (Å²) in [6.45, 7) is 1.78. The van der Waals surface area contributed by atoms with Gasteiger partial charge < -0.3 is 14.0 Å². The normalized spacial score (nSPS) is 11.9. The first-order valence-corrected chi connectivity index (χ1v) is 6.77. The smallest absolute Gasteiger partial charge is 0.344 e. The maximum absolute atomic E-state index is 12.2. The quantitative estimate of drug-likeness (QED) is 0.322. The molecule has 3 aromatic rings. The van der Waals surface area contributed by atoms with Gasteiger partial charge in [-0.15, -0.1) is 0 Å². The van der Waals surface area contributed by atoms with Crippen molar-refractivity contribution in [2.75, 3.05) is 14.2 Å². The molecule has 5 heteroatoms. The van der Waals surface area contributed by atoms with Crippen molar-refractivity contribution < 1.29 is 14.0 Å². The van der Waals surface area contributed by atoms with Gasteiger partial charge in [-0.1, -0.05) is 23.4 Å². The number of hydrogen-bond donors (Lipinski definition) is 0. The summed E-state index contributed by atoms with van der Waals surface area (Å²) in [5, 5.41) is 6.09. The topological polar surface area (TPSA) is 61.0 Å². The minimum absolute atomic E-state index is 0.375. The third kappa shape index (κ3) is 2.20. The second-order valence-corrected chi connectivity index (χ2v) is 4.85. The molecule has 0 aliphatic rings. The summed E-state index contributed by atoms with van der Waals surface area (Å²) in [5.74, 6) is 0.659. The molecule has 22 heavy (non-hydrogen) atoms. The van der Waals surface area contributed by atoms with Crippen LogP contribution < -0.4 is 10.4 Å². The second-order valence-electron chi connectivity index (χ2n) is 4.85. The van der Waals surface area contributed by atoms with E-state index in [1.54, 1.807) is 26.2 Å². The summed E-state index contributed by atoms with van der Waals surface area (Å²) in [6.07, 6.45) is 0. The van der Waals surface area contributed by atoms with Crippen molar-refractivity contribution in [2.45, 2.75) is 6.92 Å². The molecule has 0 amide bonds. The highest BCUT2D eigenvalue weighted by molar-refractivity contribution is 6.14. The average Bonchev–Trinajstić information content (AvgIpc) is 2.54. The summed E-state index contributed by atoms with van der Waals surface area (Å²) < 4.78 is 10.9. The number of methoxy groups -OCH3 is 1. The van der Waals surface area contributed by atoms with Gasteiger partial charge in [0, 0.05) is 16.3 Å². The lowest BCUT2D eigenvalue weighted by Crippen LogP contribution is -2.04. The Labute approximate surface area is 126 Å². The Morgan fingerprint density at radius 3 is 2.50 bits per heavy atom. The fourth-order valence-corrected chi connectivity index (χ4v) is 2.53. The summed E-state index contributed by atoms with van der Waals surface area (Å²) in [4.78, 5) is 17.0. The van der Waals surface area contributed by atoms with Crippen molar-refractivity contribution in [3.63, 3.8) is 0 Å². The molecule has 0 N–H and O–H groups in total. The van der Waals surface area contributed by atoms with Crippen LogP contribution in [0.4, 0.5) is 0 Å². The van der Waals surface area contributed by atoms with Gasteiger partial charge in [0.15, 0.2) is 0 Å². The Morgan fingerprint density at radius 2 is 1.82 bits per heavy atom. The van der Waals surface area contributed by atoms with Gasteiger partial charge in [0.05, 0.1) is 18.2 Å². The number of nitrogens with zero attached hydrogens (tertiary/aromatic N) is 1. The molecule has 0 aliphatic carbocycles. The van der Waals surface area contributed by atoms with E-state index in [9.17, 15) is 4.79 Å². The van der Waals surface area contributed by atoms with Crippen LogP contribution >= 0.6 is 0 Å². The van der Waals surface area contributed by atoms with Gasteiger partial charge in [0.1, 0.15) is 18.4 Å². The van der Waals surface area contributed by atoms with Crippen molar-refractivity contribution in [3.8, 4) is 5.75 Å². The van der Waals surface area contributed by atoms with Gasteiger partial charge in [-0.05, 0) is 25.1 Å². The lowest BCUT2D eigenvalue weighted by molar-refractivity contribution is 0.213. The summed E-state index contributed by atoms with van der Waals surface area (Å²) in [6, 6.07) is 11.0. The van der Waals surface area contributed by atoms with Crippen LogP contribution in [-0.2, 0) is 4.84 Å². The van der Waals surface area contributed by atoms with Gasteiger partial charge in [-0.2, -0.15) is 0 Å². The first kappa shape index (κ1) is 14.1. The Balaban J connectivity index is 2.51. The van der Waals surface area contributed by atoms with E-state index in [0.717, 1.165) is 10.8 Å². The fraction of sp³-hybridized carbons (Fsp3) is 0.176. The highest BCUT2D eigenvalue weighted by atomic mass is 16.6. The van der Waals surface area contributed by atoms with Crippen LogP contribution in [0.2, 0.25) is 0 Å². The van der Waals surface area contributed by atoms with E-state index >= 15 is 0 Å². The molecule has 1 heterocycles. The van der Waals surface area contributed by atoms with E-state index in [0.29, 0.717) is 28.0 Å². The van der Waals surface area contributed by atoms with Crippen LogP contribution in [-0.4, -0.2) is 19.9 Å². The van der Waals surface area contributed by atoms with Gasteiger partial charge in [0.25, 0.3) is 0 Å².